The fourth-order valence-electron chi connectivity index (χ4n) is 1.40. The van der Waals surface area contributed by atoms with Crippen LogP contribution in [0.25, 0.3) is 0 Å². The maximum atomic E-state index is 5.84. The maximum absolute atomic E-state index is 5.84. The van der Waals surface area contributed by atoms with Crippen molar-refractivity contribution in [2.24, 2.45) is 0 Å². The van der Waals surface area contributed by atoms with Gasteiger partial charge in [0.15, 0.2) is 0 Å². The number of nitrogen functional groups attached to an aromatic ring is 1. The van der Waals surface area contributed by atoms with Crippen LogP contribution in [0, 0.1) is 0 Å². The minimum absolute atomic E-state index is 0.0708. The van der Waals surface area contributed by atoms with Gasteiger partial charge < -0.3 is 19.9 Å². The summed E-state index contributed by atoms with van der Waals surface area (Å²) >= 11 is 0. The van der Waals surface area contributed by atoms with E-state index in [9.17, 15) is 0 Å². The van der Waals surface area contributed by atoms with E-state index >= 15 is 0 Å². The molecule has 19 heavy (non-hydrogen) atoms. The Hall–Kier alpha value is -1.49. The third-order valence-electron chi connectivity index (χ3n) is 2.15. The first-order valence-electron chi connectivity index (χ1n) is 6.51. The van der Waals surface area contributed by atoms with Gasteiger partial charge in [0.25, 0.3) is 0 Å². The molecule has 0 amide bonds. The van der Waals surface area contributed by atoms with Crippen LogP contribution >= 0.6 is 0 Å². The van der Waals surface area contributed by atoms with Gasteiger partial charge in [-0.3, -0.25) is 0 Å². The van der Waals surface area contributed by atoms with Gasteiger partial charge in [0.2, 0.25) is 11.8 Å². The molecule has 0 aliphatic rings. The molecule has 5 heteroatoms. The van der Waals surface area contributed by atoms with Crippen molar-refractivity contribution in [1.29, 1.82) is 0 Å². The summed E-state index contributed by atoms with van der Waals surface area (Å²) in [5.41, 5.74) is 5.99. The molecule has 1 heterocycles. The van der Waals surface area contributed by atoms with Crippen molar-refractivity contribution in [1.82, 2.24) is 4.98 Å². The van der Waals surface area contributed by atoms with E-state index in [4.69, 9.17) is 19.9 Å². The number of nitrogens with two attached hydrogens (primary N) is 1. The van der Waals surface area contributed by atoms with E-state index in [1.165, 1.54) is 0 Å². The summed E-state index contributed by atoms with van der Waals surface area (Å²) in [4.78, 5) is 4.28. The third-order valence-corrected chi connectivity index (χ3v) is 2.15. The summed E-state index contributed by atoms with van der Waals surface area (Å²) in [6.07, 6.45) is -0.0708. The molecule has 0 aliphatic carbocycles. The number of hydrogen-bond acceptors (Lipinski definition) is 5. The topological polar surface area (TPSA) is 66.6 Å². The highest BCUT2D eigenvalue weighted by Crippen LogP contribution is 2.26. The Morgan fingerprint density at radius 1 is 1.32 bits per heavy atom. The quantitative estimate of drug-likeness (QED) is 0.859. The molecule has 0 saturated heterocycles. The second-order valence-corrected chi connectivity index (χ2v) is 5.35. The van der Waals surface area contributed by atoms with Crippen LogP contribution < -0.4 is 15.2 Å². The van der Waals surface area contributed by atoms with Gasteiger partial charge in [-0.2, -0.15) is 4.98 Å². The maximum Gasteiger partial charge on any atom is 0.241 e. The number of rotatable bonds is 6. The second kappa shape index (κ2) is 6.61. The highest BCUT2D eigenvalue weighted by Gasteiger charge is 2.16. The van der Waals surface area contributed by atoms with Crippen molar-refractivity contribution >= 4 is 5.69 Å². The zero-order valence-electron chi connectivity index (χ0n) is 12.4. The first-order chi connectivity index (χ1) is 8.81. The van der Waals surface area contributed by atoms with Crippen LogP contribution in [0.2, 0.25) is 0 Å². The minimum atomic E-state index is -0.351. The fraction of sp³-hybridized carbons (Fsp3) is 0.643. The Balaban J connectivity index is 2.73. The van der Waals surface area contributed by atoms with E-state index in [-0.39, 0.29) is 11.7 Å². The number of ether oxygens (including phenoxy) is 3. The van der Waals surface area contributed by atoms with E-state index in [2.05, 4.69) is 4.98 Å². The first kappa shape index (κ1) is 15.6. The molecule has 0 fully saturated rings. The lowest BCUT2D eigenvalue weighted by Crippen LogP contribution is -2.24. The van der Waals surface area contributed by atoms with E-state index in [0.717, 1.165) is 0 Å². The normalized spacial score (nSPS) is 13.1. The third kappa shape index (κ3) is 5.79. The molecule has 108 valence electrons. The lowest BCUT2D eigenvalue weighted by atomic mass is 10.2. The predicted octanol–water partition coefficient (Wildman–Crippen LogP) is 2.64. The Labute approximate surface area is 115 Å². The monoisotopic (exact) mass is 268 g/mol. The Morgan fingerprint density at radius 3 is 2.58 bits per heavy atom. The molecule has 5 nitrogen and oxygen atoms in total. The molecule has 0 bridgehead atoms. The summed E-state index contributed by atoms with van der Waals surface area (Å²) in [6, 6.07) is 3.46. The van der Waals surface area contributed by atoms with Crippen molar-refractivity contribution in [3.05, 3.63) is 12.1 Å². The predicted molar refractivity (Wildman–Crippen MR) is 75.6 cm³/mol. The van der Waals surface area contributed by atoms with Gasteiger partial charge in [0, 0.05) is 12.7 Å². The van der Waals surface area contributed by atoms with Crippen molar-refractivity contribution in [2.75, 3.05) is 18.9 Å². The summed E-state index contributed by atoms with van der Waals surface area (Å²) in [7, 11) is 0. The summed E-state index contributed by atoms with van der Waals surface area (Å²) in [5.74, 6) is 0.884. The molecule has 0 radical (unpaired) electrons. The minimum Gasteiger partial charge on any atom is -0.472 e. The van der Waals surface area contributed by atoms with Crippen LogP contribution in [-0.2, 0) is 4.74 Å². The Bertz CT molecular complexity index is 402. The van der Waals surface area contributed by atoms with Gasteiger partial charge in [-0.05, 0) is 40.7 Å². The van der Waals surface area contributed by atoms with Gasteiger partial charge >= 0.3 is 0 Å². The van der Waals surface area contributed by atoms with Gasteiger partial charge in [-0.25, -0.2) is 0 Å². The van der Waals surface area contributed by atoms with Crippen LogP contribution in [-0.4, -0.2) is 29.9 Å². The highest BCUT2D eigenvalue weighted by atomic mass is 16.5. The second-order valence-electron chi connectivity index (χ2n) is 5.35. The molecule has 1 rings (SSSR count). The molecule has 0 saturated carbocycles. The average Bonchev–Trinajstić information content (AvgIpc) is 2.29. The van der Waals surface area contributed by atoms with Gasteiger partial charge in [-0.1, -0.05) is 0 Å². The van der Waals surface area contributed by atoms with Crippen molar-refractivity contribution in [3.8, 4) is 11.8 Å². The molecule has 0 spiro atoms. The van der Waals surface area contributed by atoms with E-state index < -0.39 is 0 Å². The van der Waals surface area contributed by atoms with Crippen molar-refractivity contribution in [3.63, 3.8) is 0 Å². The van der Waals surface area contributed by atoms with Crippen LogP contribution in [0.1, 0.15) is 34.6 Å². The molecule has 1 unspecified atom stereocenters. The van der Waals surface area contributed by atoms with Crippen molar-refractivity contribution < 1.29 is 14.2 Å². The SMILES string of the molecule is CCOCC(C)Oc1ccc(N)c(OC(C)(C)C)n1. The van der Waals surface area contributed by atoms with E-state index in [1.807, 2.05) is 34.6 Å². The van der Waals surface area contributed by atoms with E-state index in [1.54, 1.807) is 12.1 Å². The Morgan fingerprint density at radius 2 is 2.00 bits per heavy atom. The number of hydrogen-bond donors (Lipinski definition) is 1. The smallest absolute Gasteiger partial charge is 0.241 e. The van der Waals surface area contributed by atoms with Crippen LogP contribution in [0.4, 0.5) is 5.69 Å². The first-order valence-corrected chi connectivity index (χ1v) is 6.51. The van der Waals surface area contributed by atoms with Crippen LogP contribution in [0.3, 0.4) is 0 Å². The standard InChI is InChI=1S/C14H24N2O3/c1-6-17-9-10(2)18-12-8-7-11(15)13(16-12)19-14(3,4)5/h7-8,10H,6,9,15H2,1-5H3. The number of pyridine rings is 1. The number of aromatic nitrogens is 1. The lowest BCUT2D eigenvalue weighted by Gasteiger charge is -2.22. The number of nitrogens with zero attached hydrogens (tertiary/aromatic N) is 1. The molecular weight excluding hydrogens is 244 g/mol. The van der Waals surface area contributed by atoms with Crippen molar-refractivity contribution in [2.45, 2.75) is 46.3 Å². The zero-order valence-corrected chi connectivity index (χ0v) is 12.4. The van der Waals surface area contributed by atoms with Gasteiger partial charge in [0.05, 0.1) is 12.3 Å². The van der Waals surface area contributed by atoms with Gasteiger partial charge in [-0.15, -0.1) is 0 Å². The zero-order chi connectivity index (χ0) is 14.5. The van der Waals surface area contributed by atoms with Crippen LogP contribution in [0.15, 0.2) is 12.1 Å². The highest BCUT2D eigenvalue weighted by molar-refractivity contribution is 5.49. The molecule has 0 aliphatic heterocycles. The summed E-state index contributed by atoms with van der Waals surface area (Å²) in [6.45, 7) is 10.9. The van der Waals surface area contributed by atoms with E-state index in [0.29, 0.717) is 30.7 Å². The van der Waals surface area contributed by atoms with Crippen LogP contribution in [0.5, 0.6) is 11.8 Å². The molecule has 1 aromatic heterocycles. The van der Waals surface area contributed by atoms with Gasteiger partial charge in [0.1, 0.15) is 11.7 Å². The molecular formula is C14H24N2O3. The molecule has 0 aromatic carbocycles. The lowest BCUT2D eigenvalue weighted by molar-refractivity contribution is 0.0619. The largest absolute Gasteiger partial charge is 0.472 e. The molecule has 1 atom stereocenters. The summed E-state index contributed by atoms with van der Waals surface area (Å²) in [5, 5.41) is 0. The molecule has 1 aromatic rings. The Kier molecular flexibility index (Phi) is 5.42. The molecule has 2 N–H and O–H groups in total. The fourth-order valence-corrected chi connectivity index (χ4v) is 1.40. The number of anilines is 1. The average molecular weight is 268 g/mol. The summed E-state index contributed by atoms with van der Waals surface area (Å²) < 4.78 is 16.6.